The Kier molecular flexibility index (Phi) is 5.28. The molecule has 3 amide bonds. The maximum absolute atomic E-state index is 13.2. The first-order valence-corrected chi connectivity index (χ1v) is 12.8. The van der Waals surface area contributed by atoms with E-state index in [4.69, 9.17) is 4.74 Å². The predicted octanol–water partition coefficient (Wildman–Crippen LogP) is 4.11. The van der Waals surface area contributed by atoms with Crippen molar-refractivity contribution in [2.75, 3.05) is 16.3 Å². The fourth-order valence-corrected chi connectivity index (χ4v) is 7.01. The van der Waals surface area contributed by atoms with Crippen LogP contribution in [0.3, 0.4) is 0 Å². The molecule has 5 atom stereocenters. The van der Waals surface area contributed by atoms with Gasteiger partial charge >= 0.3 is 5.97 Å². The molecule has 36 heavy (non-hydrogen) atoms. The van der Waals surface area contributed by atoms with E-state index >= 15 is 0 Å². The highest BCUT2D eigenvalue weighted by atomic mass is 16.5. The summed E-state index contributed by atoms with van der Waals surface area (Å²) in [6, 6.07) is 10.9. The van der Waals surface area contributed by atoms with E-state index in [1.54, 1.807) is 23.1 Å². The van der Waals surface area contributed by atoms with Crippen LogP contribution >= 0.6 is 0 Å². The molecular weight excluding hydrogens is 456 g/mol. The summed E-state index contributed by atoms with van der Waals surface area (Å²) in [5.41, 5.74) is 4.19. The Hall–Kier alpha value is -3.48. The summed E-state index contributed by atoms with van der Waals surface area (Å²) in [7, 11) is 0. The first-order valence-electron chi connectivity index (χ1n) is 12.8. The molecule has 2 aromatic carbocycles. The second-order valence-electron chi connectivity index (χ2n) is 11.0. The molecule has 2 aliphatic carbocycles. The lowest BCUT2D eigenvalue weighted by molar-refractivity contribution is -0.139. The highest BCUT2D eigenvalue weighted by molar-refractivity contribution is 6.23. The summed E-state index contributed by atoms with van der Waals surface area (Å²) in [4.78, 5) is 54.9. The molecular formula is C29H30N2O5. The minimum absolute atomic E-state index is 0.0824. The van der Waals surface area contributed by atoms with E-state index in [9.17, 15) is 19.2 Å². The summed E-state index contributed by atoms with van der Waals surface area (Å²) in [5.74, 6) is -0.615. The van der Waals surface area contributed by atoms with Gasteiger partial charge in [-0.1, -0.05) is 6.07 Å². The molecule has 6 rings (SSSR count). The van der Waals surface area contributed by atoms with Crippen LogP contribution in [0.2, 0.25) is 0 Å². The Morgan fingerprint density at radius 1 is 0.889 bits per heavy atom. The third kappa shape index (κ3) is 3.55. The van der Waals surface area contributed by atoms with Crippen LogP contribution in [0.4, 0.5) is 11.4 Å². The standard InChI is InChI=1S/C29H30N2O5/c1-15-8-16(2)10-21(9-15)30-14-20(13-24(30)32)29(35)36-22-6-7-23(17(3)11-22)31-27(33)25-18-4-5-19(12-18)26(25)28(31)34/h6-11,18-20,25-26H,4-5,12-14H2,1-3H3/t18-,19+,20-,25-,26+/m0/s1. The van der Waals surface area contributed by atoms with Crippen LogP contribution in [0.25, 0.3) is 0 Å². The van der Waals surface area contributed by atoms with Crippen LogP contribution in [0.5, 0.6) is 5.75 Å². The van der Waals surface area contributed by atoms with Gasteiger partial charge in [0.2, 0.25) is 17.7 Å². The van der Waals surface area contributed by atoms with Crippen LogP contribution in [-0.2, 0) is 19.2 Å². The second-order valence-corrected chi connectivity index (χ2v) is 11.0. The van der Waals surface area contributed by atoms with Gasteiger partial charge in [0.05, 0.1) is 23.4 Å². The van der Waals surface area contributed by atoms with Crippen molar-refractivity contribution < 1.29 is 23.9 Å². The number of hydrogen-bond acceptors (Lipinski definition) is 5. The normalized spacial score (nSPS) is 28.9. The lowest BCUT2D eigenvalue weighted by Gasteiger charge is -2.20. The quantitative estimate of drug-likeness (QED) is 0.369. The number of aryl methyl sites for hydroxylation is 3. The summed E-state index contributed by atoms with van der Waals surface area (Å²) < 4.78 is 5.64. The van der Waals surface area contributed by atoms with Crippen molar-refractivity contribution in [2.24, 2.45) is 29.6 Å². The van der Waals surface area contributed by atoms with Gasteiger partial charge in [0.25, 0.3) is 0 Å². The zero-order valence-electron chi connectivity index (χ0n) is 20.8. The van der Waals surface area contributed by atoms with Crippen LogP contribution in [0.1, 0.15) is 42.4 Å². The second kappa shape index (κ2) is 8.29. The predicted molar refractivity (Wildman–Crippen MR) is 133 cm³/mol. The van der Waals surface area contributed by atoms with Crippen molar-refractivity contribution in [1.29, 1.82) is 0 Å². The number of carbonyl (C=O) groups excluding carboxylic acids is 4. The van der Waals surface area contributed by atoms with Gasteiger partial charge in [0.15, 0.2) is 0 Å². The maximum atomic E-state index is 13.2. The average molecular weight is 487 g/mol. The number of amides is 3. The fraction of sp³-hybridized carbons (Fsp3) is 0.448. The van der Waals surface area contributed by atoms with E-state index in [0.717, 1.165) is 36.1 Å². The number of ether oxygens (including phenoxy) is 1. The molecule has 4 aliphatic rings. The largest absolute Gasteiger partial charge is 0.426 e. The monoisotopic (exact) mass is 486 g/mol. The smallest absolute Gasteiger partial charge is 0.316 e. The molecule has 2 aromatic rings. The summed E-state index contributed by atoms with van der Waals surface area (Å²) in [5, 5.41) is 0. The minimum atomic E-state index is -0.560. The molecule has 4 fully saturated rings. The van der Waals surface area contributed by atoms with Gasteiger partial charge in [-0.2, -0.15) is 0 Å². The molecule has 0 radical (unpaired) electrons. The zero-order valence-corrected chi connectivity index (χ0v) is 20.8. The molecule has 0 unspecified atom stereocenters. The number of hydrogen-bond donors (Lipinski definition) is 0. The molecule has 0 N–H and O–H groups in total. The molecule has 0 spiro atoms. The number of benzene rings is 2. The minimum Gasteiger partial charge on any atom is -0.426 e. The number of imide groups is 1. The van der Waals surface area contributed by atoms with Crippen LogP contribution in [0.15, 0.2) is 36.4 Å². The van der Waals surface area contributed by atoms with Crippen molar-refractivity contribution in [3.8, 4) is 5.75 Å². The Morgan fingerprint density at radius 3 is 2.14 bits per heavy atom. The van der Waals surface area contributed by atoms with E-state index in [1.807, 2.05) is 39.0 Å². The van der Waals surface area contributed by atoms with Crippen molar-refractivity contribution >= 4 is 35.1 Å². The summed E-state index contributed by atoms with van der Waals surface area (Å²) in [6.07, 6.45) is 3.18. The molecule has 7 nitrogen and oxygen atoms in total. The Bertz CT molecular complexity index is 1270. The SMILES string of the molecule is Cc1cc(C)cc(N2C[C@@H](C(=O)Oc3ccc(N4C(=O)[C@@H]5[C@@H]6CC[C@@H](C6)[C@@H]5C4=O)c(C)c3)CC2=O)c1. The Balaban J connectivity index is 1.16. The van der Waals surface area contributed by atoms with Gasteiger partial charge in [0, 0.05) is 18.7 Å². The average Bonchev–Trinajstić information content (AvgIpc) is 3.58. The van der Waals surface area contributed by atoms with E-state index in [1.165, 1.54) is 4.90 Å². The molecule has 186 valence electrons. The van der Waals surface area contributed by atoms with Crippen molar-refractivity contribution in [2.45, 2.75) is 46.5 Å². The number of nitrogens with zero attached hydrogens (tertiary/aromatic N) is 2. The molecule has 2 aliphatic heterocycles. The third-order valence-corrected chi connectivity index (χ3v) is 8.53. The number of fused-ring (bicyclic) bond motifs is 5. The first kappa shape index (κ1) is 23.0. The topological polar surface area (TPSA) is 84.0 Å². The molecule has 2 heterocycles. The Morgan fingerprint density at radius 2 is 1.53 bits per heavy atom. The number of carbonyl (C=O) groups is 4. The lowest BCUT2D eigenvalue weighted by atomic mass is 9.81. The first-order chi connectivity index (χ1) is 17.2. The van der Waals surface area contributed by atoms with Gasteiger partial charge in [-0.15, -0.1) is 0 Å². The number of anilines is 2. The van der Waals surface area contributed by atoms with Gasteiger partial charge in [-0.25, -0.2) is 4.90 Å². The van der Waals surface area contributed by atoms with Crippen molar-refractivity contribution in [3.63, 3.8) is 0 Å². The van der Waals surface area contributed by atoms with E-state index < -0.39 is 11.9 Å². The van der Waals surface area contributed by atoms with Gasteiger partial charge < -0.3 is 9.64 Å². The molecule has 2 saturated heterocycles. The van der Waals surface area contributed by atoms with Gasteiger partial charge in [-0.3, -0.25) is 19.2 Å². The van der Waals surface area contributed by atoms with Crippen molar-refractivity contribution in [3.05, 3.63) is 53.1 Å². The van der Waals surface area contributed by atoms with Crippen LogP contribution < -0.4 is 14.5 Å². The fourth-order valence-electron chi connectivity index (χ4n) is 7.01. The third-order valence-electron chi connectivity index (χ3n) is 8.53. The molecule has 2 bridgehead atoms. The highest BCUT2D eigenvalue weighted by Crippen LogP contribution is 2.56. The van der Waals surface area contributed by atoms with E-state index in [-0.39, 0.29) is 42.5 Å². The Labute approximate surface area is 210 Å². The number of esters is 1. The van der Waals surface area contributed by atoms with Crippen molar-refractivity contribution in [1.82, 2.24) is 0 Å². The van der Waals surface area contributed by atoms with Gasteiger partial charge in [0.1, 0.15) is 5.75 Å². The molecule has 0 aromatic heterocycles. The summed E-state index contributed by atoms with van der Waals surface area (Å²) in [6.45, 7) is 6.06. The molecule has 7 heteroatoms. The maximum Gasteiger partial charge on any atom is 0.316 e. The van der Waals surface area contributed by atoms with Gasteiger partial charge in [-0.05, 0) is 98.9 Å². The van der Waals surface area contributed by atoms with Crippen LogP contribution in [0, 0.1) is 50.4 Å². The van der Waals surface area contributed by atoms with Crippen LogP contribution in [-0.4, -0.2) is 30.2 Å². The number of rotatable bonds is 4. The molecule has 2 saturated carbocycles. The zero-order chi connectivity index (χ0) is 25.3. The summed E-state index contributed by atoms with van der Waals surface area (Å²) >= 11 is 0. The highest BCUT2D eigenvalue weighted by Gasteiger charge is 2.61. The van der Waals surface area contributed by atoms with E-state index in [2.05, 4.69) is 0 Å². The van der Waals surface area contributed by atoms with E-state index in [0.29, 0.717) is 28.8 Å². The lowest BCUT2D eigenvalue weighted by Crippen LogP contribution is -2.33.